The van der Waals surface area contributed by atoms with E-state index in [2.05, 4.69) is 15.1 Å². The fraction of sp³-hybridized carbons (Fsp3) is 0.312. The standard InChI is InChI=1S/C16H18N4O3S/c1-22-12-4-5-13(15(10-12)23-8-3-9-24(2)21)14-11-20-16(19-14)17-6-7-18-20/h4-7,10-11H,3,8-9H2,1-2H3. The van der Waals surface area contributed by atoms with Gasteiger partial charge < -0.3 is 9.47 Å². The highest BCUT2D eigenvalue weighted by Gasteiger charge is 2.13. The highest BCUT2D eigenvalue weighted by molar-refractivity contribution is 7.84. The molecule has 0 N–H and O–H groups in total. The normalized spacial score (nSPS) is 12.2. The monoisotopic (exact) mass is 346 g/mol. The van der Waals surface area contributed by atoms with Crippen LogP contribution in [0.5, 0.6) is 11.5 Å². The van der Waals surface area contributed by atoms with Crippen molar-refractivity contribution in [3.05, 3.63) is 36.8 Å². The van der Waals surface area contributed by atoms with E-state index < -0.39 is 10.8 Å². The predicted octanol–water partition coefficient (Wildman–Crippen LogP) is 1.95. The second-order valence-corrected chi connectivity index (χ2v) is 6.71. The lowest BCUT2D eigenvalue weighted by Crippen LogP contribution is -2.04. The van der Waals surface area contributed by atoms with Crippen LogP contribution in [0.1, 0.15) is 6.42 Å². The van der Waals surface area contributed by atoms with Gasteiger partial charge in [-0.3, -0.25) is 4.21 Å². The molecule has 8 heteroatoms. The second-order valence-electron chi connectivity index (χ2n) is 5.15. The summed E-state index contributed by atoms with van der Waals surface area (Å²) >= 11 is 0. The van der Waals surface area contributed by atoms with E-state index in [0.29, 0.717) is 36.1 Å². The number of rotatable bonds is 7. The molecule has 0 spiro atoms. The summed E-state index contributed by atoms with van der Waals surface area (Å²) in [6, 6.07) is 5.57. The molecule has 7 nitrogen and oxygen atoms in total. The second kappa shape index (κ2) is 7.39. The fourth-order valence-corrected chi connectivity index (χ4v) is 2.80. The molecule has 1 unspecified atom stereocenters. The molecule has 0 amide bonds. The molecule has 1 atom stereocenters. The van der Waals surface area contributed by atoms with Gasteiger partial charge in [-0.25, -0.2) is 14.5 Å². The molecule has 24 heavy (non-hydrogen) atoms. The van der Waals surface area contributed by atoms with E-state index >= 15 is 0 Å². The van der Waals surface area contributed by atoms with Gasteiger partial charge in [-0.05, 0) is 18.6 Å². The van der Waals surface area contributed by atoms with Crippen molar-refractivity contribution in [2.75, 3.05) is 25.7 Å². The molecule has 2 aromatic heterocycles. The highest BCUT2D eigenvalue weighted by atomic mass is 32.2. The molecule has 0 aliphatic heterocycles. The molecular formula is C16H18N4O3S. The lowest BCUT2D eigenvalue weighted by Gasteiger charge is -2.11. The number of nitrogens with zero attached hydrogens (tertiary/aromatic N) is 4. The number of benzene rings is 1. The first-order valence-electron chi connectivity index (χ1n) is 7.45. The molecule has 126 valence electrons. The van der Waals surface area contributed by atoms with Crippen LogP contribution in [0.25, 0.3) is 17.0 Å². The third-order valence-electron chi connectivity index (χ3n) is 3.42. The summed E-state index contributed by atoms with van der Waals surface area (Å²) in [7, 11) is 0.791. The maximum Gasteiger partial charge on any atom is 0.251 e. The lowest BCUT2D eigenvalue weighted by molar-refractivity contribution is 0.316. The predicted molar refractivity (Wildman–Crippen MR) is 91.8 cm³/mol. The van der Waals surface area contributed by atoms with Crippen LogP contribution in [-0.2, 0) is 10.8 Å². The Hall–Kier alpha value is -2.48. The number of hydrogen-bond acceptors (Lipinski definition) is 6. The summed E-state index contributed by atoms with van der Waals surface area (Å²) in [6.07, 6.45) is 7.41. The zero-order valence-electron chi connectivity index (χ0n) is 13.5. The van der Waals surface area contributed by atoms with Crippen LogP contribution in [0.2, 0.25) is 0 Å². The van der Waals surface area contributed by atoms with Gasteiger partial charge in [0, 0.05) is 34.4 Å². The molecule has 0 aliphatic rings. The first kappa shape index (κ1) is 16.4. The van der Waals surface area contributed by atoms with Gasteiger partial charge in [0.05, 0.1) is 38.0 Å². The maximum atomic E-state index is 11.2. The van der Waals surface area contributed by atoms with Crippen molar-refractivity contribution in [1.29, 1.82) is 0 Å². The average Bonchev–Trinajstić information content (AvgIpc) is 3.02. The SMILES string of the molecule is COc1ccc(-c2cn3nccnc3n2)c(OCCCS(C)=O)c1. The van der Waals surface area contributed by atoms with E-state index in [1.807, 2.05) is 18.2 Å². The zero-order valence-corrected chi connectivity index (χ0v) is 14.3. The Bertz CT molecular complexity index is 832. The summed E-state index contributed by atoms with van der Waals surface area (Å²) in [5, 5.41) is 4.18. The van der Waals surface area contributed by atoms with Crippen LogP contribution in [0.4, 0.5) is 0 Å². The molecule has 0 saturated carbocycles. The minimum absolute atomic E-state index is 0.476. The third kappa shape index (κ3) is 3.70. The van der Waals surface area contributed by atoms with Crippen LogP contribution in [-0.4, -0.2) is 49.5 Å². The lowest BCUT2D eigenvalue weighted by atomic mass is 10.1. The maximum absolute atomic E-state index is 11.2. The van der Waals surface area contributed by atoms with E-state index in [0.717, 1.165) is 11.3 Å². The fourth-order valence-electron chi connectivity index (χ4n) is 2.27. The van der Waals surface area contributed by atoms with Gasteiger partial charge in [-0.1, -0.05) is 0 Å². The van der Waals surface area contributed by atoms with E-state index in [9.17, 15) is 4.21 Å². The molecule has 1 aromatic carbocycles. The van der Waals surface area contributed by atoms with Crippen molar-refractivity contribution >= 4 is 16.6 Å². The smallest absolute Gasteiger partial charge is 0.251 e. The number of methoxy groups -OCH3 is 1. The number of hydrogen-bond donors (Lipinski definition) is 0. The largest absolute Gasteiger partial charge is 0.497 e. The summed E-state index contributed by atoms with van der Waals surface area (Å²) in [5.41, 5.74) is 1.55. The highest BCUT2D eigenvalue weighted by Crippen LogP contribution is 2.33. The van der Waals surface area contributed by atoms with Crippen LogP contribution < -0.4 is 9.47 Å². The van der Waals surface area contributed by atoms with E-state index in [-0.39, 0.29) is 0 Å². The van der Waals surface area contributed by atoms with E-state index in [4.69, 9.17) is 9.47 Å². The summed E-state index contributed by atoms with van der Waals surface area (Å²) < 4.78 is 23.9. The quantitative estimate of drug-likeness (QED) is 0.609. The van der Waals surface area contributed by atoms with Crippen molar-refractivity contribution in [1.82, 2.24) is 19.6 Å². The Morgan fingerprint density at radius 2 is 2.17 bits per heavy atom. The Labute approximate surface area is 142 Å². The molecule has 3 aromatic rings. The Balaban J connectivity index is 1.89. The Kier molecular flexibility index (Phi) is 5.05. The van der Waals surface area contributed by atoms with Gasteiger partial charge in [-0.2, -0.15) is 5.10 Å². The molecule has 0 fully saturated rings. The van der Waals surface area contributed by atoms with Crippen molar-refractivity contribution in [3.8, 4) is 22.8 Å². The first-order chi connectivity index (χ1) is 11.7. The number of aromatic nitrogens is 4. The summed E-state index contributed by atoms with van der Waals surface area (Å²) in [6.45, 7) is 0.476. The molecular weight excluding hydrogens is 328 g/mol. The minimum Gasteiger partial charge on any atom is -0.497 e. The van der Waals surface area contributed by atoms with Crippen LogP contribution in [0.15, 0.2) is 36.8 Å². The summed E-state index contributed by atoms with van der Waals surface area (Å²) in [4.78, 5) is 8.65. The average molecular weight is 346 g/mol. The number of ether oxygens (including phenoxy) is 2. The molecule has 0 saturated heterocycles. The molecule has 0 bridgehead atoms. The number of imidazole rings is 1. The minimum atomic E-state index is -0.818. The van der Waals surface area contributed by atoms with E-state index in [1.165, 1.54) is 0 Å². The van der Waals surface area contributed by atoms with Crippen molar-refractivity contribution in [2.24, 2.45) is 0 Å². The van der Waals surface area contributed by atoms with Crippen LogP contribution in [0, 0.1) is 0 Å². The van der Waals surface area contributed by atoms with E-state index in [1.54, 1.807) is 36.5 Å². The molecule has 2 heterocycles. The number of fused-ring (bicyclic) bond motifs is 1. The zero-order chi connectivity index (χ0) is 16.9. The van der Waals surface area contributed by atoms with Crippen molar-refractivity contribution in [3.63, 3.8) is 0 Å². The van der Waals surface area contributed by atoms with Gasteiger partial charge in [0.25, 0.3) is 5.78 Å². The molecule has 3 rings (SSSR count). The van der Waals surface area contributed by atoms with Crippen LogP contribution >= 0.6 is 0 Å². The summed E-state index contributed by atoms with van der Waals surface area (Å²) in [5.74, 6) is 2.50. The first-order valence-corrected chi connectivity index (χ1v) is 9.18. The Morgan fingerprint density at radius 1 is 1.29 bits per heavy atom. The Morgan fingerprint density at radius 3 is 2.92 bits per heavy atom. The van der Waals surface area contributed by atoms with Gasteiger partial charge >= 0.3 is 0 Å². The topological polar surface area (TPSA) is 78.6 Å². The van der Waals surface area contributed by atoms with Gasteiger partial charge in [-0.15, -0.1) is 0 Å². The van der Waals surface area contributed by atoms with Crippen molar-refractivity contribution < 1.29 is 13.7 Å². The molecule has 0 aliphatic carbocycles. The van der Waals surface area contributed by atoms with Crippen LogP contribution in [0.3, 0.4) is 0 Å². The molecule has 0 radical (unpaired) electrons. The van der Waals surface area contributed by atoms with Gasteiger partial charge in [0.15, 0.2) is 0 Å². The van der Waals surface area contributed by atoms with Gasteiger partial charge in [0.2, 0.25) is 0 Å². The van der Waals surface area contributed by atoms with Crippen molar-refractivity contribution in [2.45, 2.75) is 6.42 Å². The third-order valence-corrected chi connectivity index (χ3v) is 4.28. The van der Waals surface area contributed by atoms with Gasteiger partial charge in [0.1, 0.15) is 11.5 Å².